The van der Waals surface area contributed by atoms with Gasteiger partial charge in [-0.3, -0.25) is 4.79 Å². The van der Waals surface area contributed by atoms with Crippen LogP contribution in [0.5, 0.6) is 5.75 Å². The van der Waals surface area contributed by atoms with Crippen LogP contribution in [0.25, 0.3) is 0 Å². The zero-order chi connectivity index (χ0) is 17.6. The highest BCUT2D eigenvalue weighted by atomic mass is 16.5. The summed E-state index contributed by atoms with van der Waals surface area (Å²) < 4.78 is 5.68. The van der Waals surface area contributed by atoms with E-state index in [9.17, 15) is 4.79 Å². The number of amides is 1. The Bertz CT molecular complexity index is 707. The summed E-state index contributed by atoms with van der Waals surface area (Å²) in [6.07, 6.45) is 0.413. The van der Waals surface area contributed by atoms with Crippen LogP contribution in [-0.2, 0) is 4.79 Å². The first-order valence-electron chi connectivity index (χ1n) is 8.69. The van der Waals surface area contributed by atoms with Crippen molar-refractivity contribution in [3.05, 3.63) is 54.1 Å². The predicted octanol–water partition coefficient (Wildman–Crippen LogP) is 2.69. The molecule has 3 rings (SSSR count). The van der Waals surface area contributed by atoms with Crippen LogP contribution in [0.3, 0.4) is 0 Å². The van der Waals surface area contributed by atoms with Crippen molar-refractivity contribution in [2.24, 2.45) is 0 Å². The Labute approximate surface area is 149 Å². The molecule has 25 heavy (non-hydrogen) atoms. The lowest BCUT2D eigenvalue weighted by Gasteiger charge is -2.36. The topological polar surface area (TPSA) is 58.8 Å². The molecule has 5 nitrogen and oxygen atoms in total. The van der Waals surface area contributed by atoms with Gasteiger partial charge < -0.3 is 20.3 Å². The number of hydrogen-bond acceptors (Lipinski definition) is 4. The molecule has 0 radical (unpaired) electrons. The normalized spacial score (nSPS) is 14.4. The molecule has 1 fully saturated rings. The van der Waals surface area contributed by atoms with Gasteiger partial charge in [0.25, 0.3) is 0 Å². The molecule has 2 aromatic carbocycles. The Balaban J connectivity index is 1.43. The molecule has 5 heteroatoms. The van der Waals surface area contributed by atoms with Crippen LogP contribution in [0.4, 0.5) is 11.4 Å². The second kappa shape index (κ2) is 7.92. The largest absolute Gasteiger partial charge is 0.493 e. The van der Waals surface area contributed by atoms with Gasteiger partial charge >= 0.3 is 0 Å². The number of carbonyl (C=O) groups excluding carboxylic acids is 1. The van der Waals surface area contributed by atoms with E-state index in [1.165, 1.54) is 0 Å². The number of benzene rings is 2. The minimum absolute atomic E-state index is 0.157. The van der Waals surface area contributed by atoms with E-state index in [1.54, 1.807) is 0 Å². The van der Waals surface area contributed by atoms with E-state index in [4.69, 9.17) is 10.5 Å². The molecule has 1 aliphatic rings. The van der Waals surface area contributed by atoms with Gasteiger partial charge in [0.1, 0.15) is 5.75 Å². The Hall–Kier alpha value is -2.69. The maximum atomic E-state index is 12.4. The number of nitrogens with two attached hydrogens (primary N) is 1. The molecule has 0 spiro atoms. The monoisotopic (exact) mass is 339 g/mol. The van der Waals surface area contributed by atoms with Gasteiger partial charge in [-0.25, -0.2) is 0 Å². The lowest BCUT2D eigenvalue weighted by atomic mass is 10.2. The second-order valence-electron chi connectivity index (χ2n) is 6.37. The van der Waals surface area contributed by atoms with Gasteiger partial charge in [0.15, 0.2) is 0 Å². The van der Waals surface area contributed by atoms with E-state index in [1.807, 2.05) is 60.4 Å². The van der Waals surface area contributed by atoms with E-state index in [0.717, 1.165) is 48.9 Å². The van der Waals surface area contributed by atoms with Gasteiger partial charge in [-0.15, -0.1) is 0 Å². The highest BCUT2D eigenvalue weighted by Gasteiger charge is 2.21. The molecular formula is C20H25N3O2. The fourth-order valence-electron chi connectivity index (χ4n) is 3.02. The summed E-state index contributed by atoms with van der Waals surface area (Å²) in [6, 6.07) is 15.8. The number of hydrogen-bond donors (Lipinski definition) is 1. The first-order valence-corrected chi connectivity index (χ1v) is 8.69. The van der Waals surface area contributed by atoms with Crippen molar-refractivity contribution in [1.29, 1.82) is 0 Å². The summed E-state index contributed by atoms with van der Waals surface area (Å²) in [7, 11) is 0. The summed E-state index contributed by atoms with van der Waals surface area (Å²) in [5.74, 6) is 0.977. The molecule has 0 bridgehead atoms. The number of nitrogens with zero attached hydrogens (tertiary/aromatic N) is 2. The molecule has 2 N–H and O–H groups in total. The maximum Gasteiger partial charge on any atom is 0.226 e. The second-order valence-corrected chi connectivity index (χ2v) is 6.37. The third-order valence-corrected chi connectivity index (χ3v) is 4.46. The Morgan fingerprint density at radius 2 is 1.80 bits per heavy atom. The smallest absolute Gasteiger partial charge is 0.226 e. The summed E-state index contributed by atoms with van der Waals surface area (Å²) in [5, 5.41) is 0. The van der Waals surface area contributed by atoms with Gasteiger partial charge in [0, 0.05) is 37.6 Å². The lowest BCUT2D eigenvalue weighted by Crippen LogP contribution is -2.49. The Kier molecular flexibility index (Phi) is 5.43. The number of rotatable bonds is 5. The number of aryl methyl sites for hydroxylation is 1. The summed E-state index contributed by atoms with van der Waals surface area (Å²) in [4.78, 5) is 16.6. The summed E-state index contributed by atoms with van der Waals surface area (Å²) in [6.45, 7) is 5.61. The molecule has 0 atom stereocenters. The average Bonchev–Trinajstić information content (AvgIpc) is 2.62. The predicted molar refractivity (Wildman–Crippen MR) is 101 cm³/mol. The zero-order valence-corrected chi connectivity index (χ0v) is 14.6. The van der Waals surface area contributed by atoms with E-state index in [0.29, 0.717) is 13.0 Å². The first-order chi connectivity index (χ1) is 12.1. The van der Waals surface area contributed by atoms with Crippen LogP contribution < -0.4 is 15.4 Å². The average molecular weight is 339 g/mol. The molecule has 132 valence electrons. The third kappa shape index (κ3) is 4.66. The van der Waals surface area contributed by atoms with Crippen LogP contribution in [0, 0.1) is 6.92 Å². The molecule has 0 saturated carbocycles. The maximum absolute atomic E-state index is 12.4. The van der Waals surface area contributed by atoms with Crippen molar-refractivity contribution < 1.29 is 9.53 Å². The first kappa shape index (κ1) is 17.1. The van der Waals surface area contributed by atoms with Crippen molar-refractivity contribution in [3.8, 4) is 5.75 Å². The number of ether oxygens (including phenoxy) is 1. The molecule has 0 aromatic heterocycles. The van der Waals surface area contributed by atoms with Crippen molar-refractivity contribution in [2.45, 2.75) is 13.3 Å². The van der Waals surface area contributed by atoms with E-state index < -0.39 is 0 Å². The SMILES string of the molecule is Cc1cccc(OCCC(=O)N2CCN(c3ccc(N)cc3)CC2)c1. The van der Waals surface area contributed by atoms with Crippen molar-refractivity contribution in [2.75, 3.05) is 43.4 Å². The number of carbonyl (C=O) groups is 1. The molecule has 0 aliphatic carbocycles. The Morgan fingerprint density at radius 3 is 2.48 bits per heavy atom. The standard InChI is InChI=1S/C20H25N3O2/c1-16-3-2-4-19(15-16)25-14-9-20(24)23-12-10-22(11-13-23)18-7-5-17(21)6-8-18/h2-8,15H,9-14,21H2,1H3. The fraction of sp³-hybridized carbons (Fsp3) is 0.350. The molecule has 1 saturated heterocycles. The molecule has 1 aliphatic heterocycles. The Morgan fingerprint density at radius 1 is 1.08 bits per heavy atom. The highest BCUT2D eigenvalue weighted by Crippen LogP contribution is 2.18. The van der Waals surface area contributed by atoms with E-state index >= 15 is 0 Å². The van der Waals surface area contributed by atoms with Crippen molar-refractivity contribution in [3.63, 3.8) is 0 Å². The fourth-order valence-corrected chi connectivity index (χ4v) is 3.02. The van der Waals surface area contributed by atoms with Crippen LogP contribution in [0.15, 0.2) is 48.5 Å². The van der Waals surface area contributed by atoms with Crippen LogP contribution >= 0.6 is 0 Å². The molecule has 0 unspecified atom stereocenters. The van der Waals surface area contributed by atoms with Crippen LogP contribution in [0.2, 0.25) is 0 Å². The molecular weight excluding hydrogens is 314 g/mol. The third-order valence-electron chi connectivity index (χ3n) is 4.46. The number of nitrogen functional groups attached to an aromatic ring is 1. The van der Waals surface area contributed by atoms with Gasteiger partial charge in [-0.2, -0.15) is 0 Å². The van der Waals surface area contributed by atoms with E-state index in [-0.39, 0.29) is 5.91 Å². The number of anilines is 2. The highest BCUT2D eigenvalue weighted by molar-refractivity contribution is 5.76. The minimum Gasteiger partial charge on any atom is -0.493 e. The molecule has 1 amide bonds. The van der Waals surface area contributed by atoms with Crippen LogP contribution in [0.1, 0.15) is 12.0 Å². The number of piperazine rings is 1. The zero-order valence-electron chi connectivity index (χ0n) is 14.6. The van der Waals surface area contributed by atoms with Crippen LogP contribution in [-0.4, -0.2) is 43.6 Å². The van der Waals surface area contributed by atoms with Gasteiger partial charge in [0.2, 0.25) is 5.91 Å². The van der Waals surface area contributed by atoms with Gasteiger partial charge in [-0.1, -0.05) is 12.1 Å². The van der Waals surface area contributed by atoms with Gasteiger partial charge in [-0.05, 0) is 48.9 Å². The molecule has 1 heterocycles. The minimum atomic E-state index is 0.157. The summed E-state index contributed by atoms with van der Waals surface area (Å²) in [5.41, 5.74) is 8.81. The summed E-state index contributed by atoms with van der Waals surface area (Å²) >= 11 is 0. The van der Waals surface area contributed by atoms with Crippen molar-refractivity contribution in [1.82, 2.24) is 4.90 Å². The van der Waals surface area contributed by atoms with Gasteiger partial charge in [0.05, 0.1) is 13.0 Å². The van der Waals surface area contributed by atoms with Crippen molar-refractivity contribution >= 4 is 17.3 Å². The van der Waals surface area contributed by atoms with E-state index in [2.05, 4.69) is 4.90 Å². The molecule has 2 aromatic rings. The lowest BCUT2D eigenvalue weighted by molar-refractivity contribution is -0.132. The quantitative estimate of drug-likeness (QED) is 0.851.